The number of nitrogens with one attached hydrogen (secondary N) is 1. The number of carbonyl (C=O) groups is 2. The molecule has 15 heteroatoms. The van der Waals surface area contributed by atoms with Crippen LogP contribution in [0.5, 0.6) is 0 Å². The number of aryl methyl sites for hydroxylation is 1. The van der Waals surface area contributed by atoms with E-state index in [0.29, 0.717) is 32.6 Å². The molecule has 1 aromatic heterocycles. The van der Waals surface area contributed by atoms with E-state index >= 15 is 8.78 Å². The molecule has 314 valence electrons. The molecule has 2 aromatic carbocycles. The maximum atomic E-state index is 16.3. The van der Waals surface area contributed by atoms with Crippen molar-refractivity contribution in [3.05, 3.63) is 90.3 Å². The highest BCUT2D eigenvalue weighted by atomic mass is 32.2. The van der Waals surface area contributed by atoms with Crippen LogP contribution in [0.25, 0.3) is 0 Å². The summed E-state index contributed by atoms with van der Waals surface area (Å²) in [7, 11) is 0.184. The van der Waals surface area contributed by atoms with E-state index in [9.17, 15) is 23.1 Å². The summed E-state index contributed by atoms with van der Waals surface area (Å²) in [5.41, 5.74) is -0.403. The zero-order valence-corrected chi connectivity index (χ0v) is 34.6. The number of alkyl halides is 1. The molecule has 3 aromatic rings. The van der Waals surface area contributed by atoms with Crippen LogP contribution in [0.1, 0.15) is 50.4 Å². The predicted octanol–water partition coefficient (Wildman–Crippen LogP) is 5.00. The molecule has 1 aliphatic carbocycles. The molecule has 58 heavy (non-hydrogen) atoms. The lowest BCUT2D eigenvalue weighted by Crippen LogP contribution is -2.64. The topological polar surface area (TPSA) is 131 Å². The van der Waals surface area contributed by atoms with Crippen LogP contribution in [-0.2, 0) is 33.0 Å². The number of aromatic nitrogens is 2. The molecule has 4 aliphatic rings. The van der Waals surface area contributed by atoms with Gasteiger partial charge in [0.15, 0.2) is 15.5 Å². The molecule has 2 amide bonds. The van der Waals surface area contributed by atoms with Crippen LogP contribution < -0.4 is 10.2 Å². The first-order chi connectivity index (χ1) is 27.7. The van der Waals surface area contributed by atoms with Crippen LogP contribution in [0, 0.1) is 17.7 Å². The highest BCUT2D eigenvalue weighted by Crippen LogP contribution is 2.52. The zero-order valence-electron chi connectivity index (χ0n) is 33.8. The second-order valence-corrected chi connectivity index (χ2v) is 19.3. The van der Waals surface area contributed by atoms with E-state index in [0.717, 1.165) is 49.2 Å². The van der Waals surface area contributed by atoms with E-state index < -0.39 is 32.3 Å². The van der Waals surface area contributed by atoms with E-state index in [1.165, 1.54) is 17.0 Å². The Labute approximate surface area is 340 Å². The van der Waals surface area contributed by atoms with Crippen LogP contribution in [-0.4, -0.2) is 133 Å². The first-order valence-corrected chi connectivity index (χ1v) is 22.1. The van der Waals surface area contributed by atoms with Gasteiger partial charge in [-0.2, -0.15) is 0 Å². The van der Waals surface area contributed by atoms with Gasteiger partial charge in [0.05, 0.1) is 18.0 Å². The maximum Gasteiger partial charge on any atom is 0.404 e. The van der Waals surface area contributed by atoms with Crippen LogP contribution in [0.15, 0.2) is 78.0 Å². The smallest absolute Gasteiger partial charge is 0.404 e. The number of nitrogens with zero attached hydrogens (tertiary/aromatic N) is 6. The third-order valence-electron chi connectivity index (χ3n) is 13.0. The summed E-state index contributed by atoms with van der Waals surface area (Å²) in [5.74, 6) is 0.411. The Morgan fingerprint density at radius 3 is 2.45 bits per heavy atom. The summed E-state index contributed by atoms with van der Waals surface area (Å²) in [4.78, 5) is 36.8. The van der Waals surface area contributed by atoms with Crippen molar-refractivity contribution in [3.8, 4) is 0 Å². The highest BCUT2D eigenvalue weighted by Gasteiger charge is 2.53. The number of rotatable bonds is 15. The van der Waals surface area contributed by atoms with Crippen molar-refractivity contribution in [1.82, 2.24) is 29.6 Å². The molecule has 0 bridgehead atoms. The number of likely N-dealkylation sites (N-methyl/N-ethyl adjacent to an activating group) is 1. The molecule has 12 nitrogen and oxygen atoms in total. The van der Waals surface area contributed by atoms with Gasteiger partial charge < -0.3 is 29.7 Å². The first kappa shape index (κ1) is 41.8. The number of carbonyl (C=O) groups excluding carboxylic acids is 1. The Morgan fingerprint density at radius 2 is 1.79 bits per heavy atom. The summed E-state index contributed by atoms with van der Waals surface area (Å²) in [5, 5.41) is 12.0. The van der Waals surface area contributed by atoms with Crippen molar-refractivity contribution in [2.75, 3.05) is 71.4 Å². The second-order valence-electron chi connectivity index (χ2n) is 17.1. The van der Waals surface area contributed by atoms with Gasteiger partial charge in [0.2, 0.25) is 5.91 Å². The molecule has 0 radical (unpaired) electrons. The average molecular weight is 822 g/mol. The summed E-state index contributed by atoms with van der Waals surface area (Å²) >= 11 is 0. The number of hydrogen-bond donors (Lipinski definition) is 2. The van der Waals surface area contributed by atoms with Crippen molar-refractivity contribution in [1.29, 1.82) is 0 Å². The zero-order chi connectivity index (χ0) is 41.2. The van der Waals surface area contributed by atoms with E-state index in [4.69, 9.17) is 0 Å². The molecule has 3 saturated heterocycles. The number of likely N-dealkylation sites (tertiary alicyclic amines) is 2. The van der Waals surface area contributed by atoms with Crippen molar-refractivity contribution >= 4 is 27.5 Å². The minimum absolute atomic E-state index is 0.0729. The number of imidazole rings is 1. The van der Waals surface area contributed by atoms with Crippen LogP contribution in [0.2, 0.25) is 0 Å². The van der Waals surface area contributed by atoms with Crippen LogP contribution in [0.4, 0.5) is 19.3 Å². The number of hydrogen-bond acceptors (Lipinski definition) is 8. The fourth-order valence-corrected chi connectivity index (χ4v) is 11.8. The van der Waals surface area contributed by atoms with Crippen molar-refractivity contribution in [2.45, 2.75) is 79.3 Å². The van der Waals surface area contributed by atoms with Gasteiger partial charge in [0.1, 0.15) is 16.9 Å². The monoisotopic (exact) mass is 821 g/mol. The summed E-state index contributed by atoms with van der Waals surface area (Å²) in [6, 6.07) is 13.2. The molecule has 2 N–H and O–H groups in total. The quantitative estimate of drug-likeness (QED) is 0.204. The second kappa shape index (κ2) is 17.1. The maximum absolute atomic E-state index is 16.3. The molecule has 7 rings (SSSR count). The number of halogens is 2. The Balaban J connectivity index is 0.995. The van der Waals surface area contributed by atoms with E-state index in [1.54, 1.807) is 48.7 Å². The van der Waals surface area contributed by atoms with Crippen LogP contribution >= 0.6 is 0 Å². The molecular weight excluding hydrogens is 765 g/mol. The van der Waals surface area contributed by atoms with Crippen LogP contribution in [0.3, 0.4) is 0 Å². The van der Waals surface area contributed by atoms with Gasteiger partial charge in [0.25, 0.3) is 0 Å². The van der Waals surface area contributed by atoms with Gasteiger partial charge in [-0.1, -0.05) is 31.6 Å². The van der Waals surface area contributed by atoms with Gasteiger partial charge in [0, 0.05) is 74.8 Å². The number of piperidine rings is 1. The van der Waals surface area contributed by atoms with Crippen molar-refractivity contribution in [3.63, 3.8) is 0 Å². The molecule has 3 atom stereocenters. The third kappa shape index (κ3) is 8.67. The Bertz CT molecular complexity index is 2060. The Hall–Kier alpha value is -4.34. The number of sulfone groups is 1. The first-order valence-electron chi connectivity index (χ1n) is 20.6. The number of amides is 2. The standard InChI is InChI=1S/C43H57F2N7O5S/c1-4-39-46-19-23-50(39)30-43(32-8-5-9-33(44)24-32,37-10-6-11-38(37)47-41(54)55)31-17-21-49(22-18-31)27-42(45)28-52(29-42)34-13-15-35(16-14-34)58(56,57)36-25-51(26-36)40(53)12-7-20-48(2)3/h5,7-9,12-16,19,23-24,31,36-38,47H,4,6,10-11,17-18,20-22,25-30H2,1-3H3,(H,54,55)/b12-7+/t37-,38-,43?/m0/s1. The summed E-state index contributed by atoms with van der Waals surface area (Å²) < 4.78 is 60.2. The molecule has 1 saturated carbocycles. The average Bonchev–Trinajstić information content (AvgIpc) is 3.81. The molecule has 3 aliphatic heterocycles. The molecular formula is C43H57F2N7O5S. The molecule has 4 heterocycles. The van der Waals surface area contributed by atoms with Gasteiger partial charge in [-0.15, -0.1) is 0 Å². The lowest BCUT2D eigenvalue weighted by atomic mass is 9.58. The fraction of sp³-hybridized carbons (Fsp3) is 0.558. The Kier molecular flexibility index (Phi) is 12.3. The number of anilines is 1. The lowest BCUT2D eigenvalue weighted by Gasteiger charge is -2.52. The summed E-state index contributed by atoms with van der Waals surface area (Å²) in [6.07, 6.45) is 10.6. The normalized spacial score (nSPS) is 22.9. The minimum atomic E-state index is -3.62. The van der Waals surface area contributed by atoms with Gasteiger partial charge in [-0.3, -0.25) is 9.69 Å². The highest BCUT2D eigenvalue weighted by molar-refractivity contribution is 7.92. The van der Waals surface area contributed by atoms with Gasteiger partial charge >= 0.3 is 6.09 Å². The lowest BCUT2D eigenvalue weighted by molar-refractivity contribution is -0.129. The Morgan fingerprint density at radius 1 is 1.07 bits per heavy atom. The third-order valence-corrected chi connectivity index (χ3v) is 15.1. The van der Waals surface area contributed by atoms with Gasteiger partial charge in [-0.25, -0.2) is 27.0 Å². The van der Waals surface area contributed by atoms with E-state index in [-0.39, 0.29) is 67.2 Å². The van der Waals surface area contributed by atoms with Crippen molar-refractivity contribution in [2.24, 2.45) is 11.8 Å². The molecule has 0 spiro atoms. The number of carboxylic acid groups (broad SMARTS) is 1. The number of benzene rings is 2. The minimum Gasteiger partial charge on any atom is -0.465 e. The predicted molar refractivity (Wildman–Crippen MR) is 219 cm³/mol. The van der Waals surface area contributed by atoms with E-state index in [1.807, 2.05) is 36.2 Å². The fourth-order valence-electron chi connectivity index (χ4n) is 10.1. The molecule has 4 fully saturated rings. The summed E-state index contributed by atoms with van der Waals surface area (Å²) in [6.45, 7) is 5.50. The van der Waals surface area contributed by atoms with Crippen molar-refractivity contribution < 1.29 is 31.9 Å². The molecule has 1 unspecified atom stereocenters. The largest absolute Gasteiger partial charge is 0.465 e. The van der Waals surface area contributed by atoms with Gasteiger partial charge in [-0.05, 0) is 107 Å². The van der Waals surface area contributed by atoms with E-state index in [2.05, 4.69) is 26.7 Å². The SMILES string of the molecule is CCc1nccn1CC(c1cccc(F)c1)(C1CCN(CC2(F)CN(c3ccc(S(=O)(=O)C4CN(C(=O)/C=C/CN(C)C)C4)cc3)C2)CC1)[C@H]1CCC[C@@H]1NC(=O)O.